The van der Waals surface area contributed by atoms with Crippen LogP contribution in [-0.4, -0.2) is 32.5 Å². The Hall–Kier alpha value is -0.624. The van der Waals surface area contributed by atoms with Crippen molar-refractivity contribution in [2.75, 3.05) is 6.61 Å². The monoisotopic (exact) mass is 423 g/mol. The van der Waals surface area contributed by atoms with Gasteiger partial charge in [-0.25, -0.2) is 0 Å². The van der Waals surface area contributed by atoms with Crippen molar-refractivity contribution in [1.82, 2.24) is 4.98 Å². The van der Waals surface area contributed by atoms with Crippen LogP contribution in [0.4, 0.5) is 18.9 Å². The standard InChI is InChI=1S/C17H14F3N2O2S.K.H2O/c1-11-14(21-7-6-15(11)24-10-17(18,19)20)9-25(23)16-8-12-4-2-3-5-13(12)22-16;;/h3-7H,8-10H2,1H3;;1H2/q-1;+1;/p-1. The summed E-state index contributed by atoms with van der Waals surface area (Å²) in [7, 11) is -1.42. The quantitative estimate of drug-likeness (QED) is 0.530. The van der Waals surface area contributed by atoms with Crippen LogP contribution in [0, 0.1) is 13.0 Å². The van der Waals surface area contributed by atoms with Gasteiger partial charge in [0.2, 0.25) is 0 Å². The molecule has 0 saturated carbocycles. The minimum Gasteiger partial charge on any atom is -0.870 e. The SMILES string of the molecule is Cc1c(OCC(F)(F)F)ccnc1CS(=O)C1=Nc2cc[c-]cc2C1.[K+].[OH-]. The maximum atomic E-state index is 12.6. The molecule has 2 aromatic rings. The first kappa shape index (κ1) is 24.4. The third-order valence-electron chi connectivity index (χ3n) is 3.69. The third kappa shape index (κ3) is 6.45. The summed E-state index contributed by atoms with van der Waals surface area (Å²) < 4.78 is 54.3. The first-order valence-corrected chi connectivity index (χ1v) is 8.74. The second kappa shape index (κ2) is 10.2. The predicted octanol–water partition coefficient (Wildman–Crippen LogP) is 0.494. The second-order valence-corrected chi connectivity index (χ2v) is 6.96. The third-order valence-corrected chi connectivity index (χ3v) is 4.99. The molecule has 10 heteroatoms. The summed E-state index contributed by atoms with van der Waals surface area (Å²) in [5.41, 5.74) is 2.61. The van der Waals surface area contributed by atoms with E-state index in [2.05, 4.69) is 16.0 Å². The number of nitrogens with zero attached hydrogens (tertiary/aromatic N) is 2. The van der Waals surface area contributed by atoms with E-state index in [9.17, 15) is 17.4 Å². The van der Waals surface area contributed by atoms with E-state index in [-0.39, 0.29) is 68.4 Å². The molecule has 1 unspecified atom stereocenters. The molecule has 1 aromatic heterocycles. The number of hydrogen-bond acceptors (Lipinski definition) is 5. The molecule has 0 saturated heterocycles. The number of rotatable bonds is 4. The van der Waals surface area contributed by atoms with Gasteiger partial charge in [-0.1, -0.05) is 0 Å². The van der Waals surface area contributed by atoms with Crippen molar-refractivity contribution in [2.45, 2.75) is 25.3 Å². The number of alkyl halides is 3. The van der Waals surface area contributed by atoms with E-state index in [1.807, 2.05) is 0 Å². The number of fused-ring (bicyclic) bond motifs is 1. The van der Waals surface area contributed by atoms with Gasteiger partial charge >= 0.3 is 57.6 Å². The molecule has 1 aliphatic rings. The normalized spacial score (nSPS) is 13.7. The topological polar surface area (TPSA) is 81.5 Å². The van der Waals surface area contributed by atoms with Crippen LogP contribution in [0.15, 0.2) is 35.5 Å². The summed E-state index contributed by atoms with van der Waals surface area (Å²) in [6, 6.07) is 9.66. The molecule has 1 aliphatic heterocycles. The molecule has 0 fully saturated rings. The Balaban J connectivity index is 0.00000182. The van der Waals surface area contributed by atoms with Gasteiger partial charge in [0.1, 0.15) is 5.75 Å². The zero-order valence-electron chi connectivity index (χ0n) is 14.7. The second-order valence-electron chi connectivity index (χ2n) is 5.51. The minimum absolute atomic E-state index is 0. The average molecular weight is 423 g/mol. The number of pyridine rings is 1. The van der Waals surface area contributed by atoms with Crippen LogP contribution in [0.5, 0.6) is 5.75 Å². The molecular weight excluding hydrogens is 408 g/mol. The number of aromatic nitrogens is 1. The molecule has 0 amide bonds. The maximum absolute atomic E-state index is 12.6. The van der Waals surface area contributed by atoms with Gasteiger partial charge in [-0.2, -0.15) is 31.4 Å². The molecule has 2 heterocycles. The van der Waals surface area contributed by atoms with Crippen LogP contribution in [0.3, 0.4) is 0 Å². The first-order valence-electron chi connectivity index (χ1n) is 7.42. The smallest absolute Gasteiger partial charge is 0.870 e. The van der Waals surface area contributed by atoms with Crippen molar-refractivity contribution in [1.29, 1.82) is 0 Å². The van der Waals surface area contributed by atoms with Crippen LogP contribution < -0.4 is 56.1 Å². The van der Waals surface area contributed by atoms with E-state index in [1.165, 1.54) is 12.3 Å². The molecule has 0 radical (unpaired) electrons. The Bertz CT molecular complexity index is 860. The molecule has 5 nitrogen and oxygen atoms in total. The van der Waals surface area contributed by atoms with E-state index in [4.69, 9.17) is 4.74 Å². The van der Waals surface area contributed by atoms with Gasteiger partial charge < -0.3 is 10.2 Å². The van der Waals surface area contributed by atoms with Crippen LogP contribution >= 0.6 is 0 Å². The average Bonchev–Trinajstić information content (AvgIpc) is 2.99. The Kier molecular flexibility index (Phi) is 9.26. The predicted molar refractivity (Wildman–Crippen MR) is 90.4 cm³/mol. The van der Waals surface area contributed by atoms with Crippen molar-refractivity contribution in [2.24, 2.45) is 4.99 Å². The van der Waals surface area contributed by atoms with Gasteiger partial charge in [-0.3, -0.25) is 14.2 Å². The molecule has 1 N–H and O–H groups in total. The van der Waals surface area contributed by atoms with Crippen molar-refractivity contribution in [3.63, 3.8) is 0 Å². The van der Waals surface area contributed by atoms with Gasteiger partial charge in [0.05, 0.1) is 27.3 Å². The number of aliphatic imine (C=N–C) groups is 1. The van der Waals surface area contributed by atoms with Crippen LogP contribution in [0.25, 0.3) is 0 Å². The molecule has 3 rings (SSSR count). The van der Waals surface area contributed by atoms with Gasteiger partial charge in [0, 0.05) is 11.8 Å². The van der Waals surface area contributed by atoms with E-state index in [0.717, 1.165) is 11.3 Å². The van der Waals surface area contributed by atoms with Crippen LogP contribution in [-0.2, 0) is 23.0 Å². The van der Waals surface area contributed by atoms with E-state index in [0.29, 0.717) is 22.7 Å². The van der Waals surface area contributed by atoms with E-state index < -0.39 is 23.6 Å². The molecule has 0 aliphatic carbocycles. The summed E-state index contributed by atoms with van der Waals surface area (Å²) in [6.07, 6.45) is -2.59. The fourth-order valence-corrected chi connectivity index (χ4v) is 3.63. The van der Waals surface area contributed by atoms with Crippen molar-refractivity contribution >= 4 is 21.5 Å². The summed E-state index contributed by atoms with van der Waals surface area (Å²) in [6.45, 7) is 0.226. The first-order chi connectivity index (χ1) is 11.8. The van der Waals surface area contributed by atoms with Gasteiger partial charge in [-0.15, -0.1) is 11.6 Å². The van der Waals surface area contributed by atoms with Crippen molar-refractivity contribution in [3.05, 3.63) is 53.3 Å². The summed E-state index contributed by atoms with van der Waals surface area (Å²) >= 11 is 0. The Morgan fingerprint density at radius 3 is 2.74 bits per heavy atom. The summed E-state index contributed by atoms with van der Waals surface area (Å²) in [4.78, 5) is 8.49. The van der Waals surface area contributed by atoms with Gasteiger partial charge in [0.25, 0.3) is 0 Å². The van der Waals surface area contributed by atoms with Crippen LogP contribution in [0.1, 0.15) is 16.8 Å². The molecule has 0 bridgehead atoms. The Morgan fingerprint density at radius 2 is 2.07 bits per heavy atom. The number of benzene rings is 1. The molecule has 1 aromatic carbocycles. The van der Waals surface area contributed by atoms with Crippen LogP contribution in [0.2, 0.25) is 0 Å². The molecular formula is C17H15F3KN2O3S-. The van der Waals surface area contributed by atoms with Gasteiger partial charge in [-0.05, 0) is 25.1 Å². The Morgan fingerprint density at radius 1 is 1.33 bits per heavy atom. The Labute approximate surface area is 199 Å². The molecule has 1 atom stereocenters. The summed E-state index contributed by atoms with van der Waals surface area (Å²) in [5, 5.41) is 0.525. The molecule has 0 spiro atoms. The fraction of sp³-hybridized carbons (Fsp3) is 0.294. The number of halogens is 3. The van der Waals surface area contributed by atoms with E-state index >= 15 is 0 Å². The zero-order chi connectivity index (χ0) is 18.0. The zero-order valence-corrected chi connectivity index (χ0v) is 18.6. The summed E-state index contributed by atoms with van der Waals surface area (Å²) in [5.74, 6) is 0.163. The minimum atomic E-state index is -4.42. The maximum Gasteiger partial charge on any atom is 1.00 e. The van der Waals surface area contributed by atoms with Gasteiger partial charge in [0.15, 0.2) is 6.61 Å². The number of ether oxygens (including phenoxy) is 1. The van der Waals surface area contributed by atoms with Crippen molar-refractivity contribution < 1.29 is 79.0 Å². The van der Waals surface area contributed by atoms with Crippen molar-refractivity contribution in [3.8, 4) is 5.75 Å². The van der Waals surface area contributed by atoms with E-state index in [1.54, 1.807) is 25.1 Å². The largest absolute Gasteiger partial charge is 1.00 e. The molecule has 27 heavy (non-hydrogen) atoms. The fourth-order valence-electron chi connectivity index (χ4n) is 2.40. The molecule has 140 valence electrons. The number of hydrogen-bond donors (Lipinski definition) is 0.